The van der Waals surface area contributed by atoms with E-state index in [-0.39, 0.29) is 24.0 Å². The van der Waals surface area contributed by atoms with E-state index in [0.29, 0.717) is 6.04 Å². The van der Waals surface area contributed by atoms with Crippen LogP contribution in [0.2, 0.25) is 0 Å². The zero-order valence-corrected chi connectivity index (χ0v) is 18.1. The Hall–Kier alpha value is -0.120. The number of ether oxygens (including phenoxy) is 1. The molecule has 1 N–H and O–H groups in total. The van der Waals surface area contributed by atoms with Gasteiger partial charge in [-0.25, -0.2) is 0 Å². The third kappa shape index (κ3) is 6.52. The highest BCUT2D eigenvalue weighted by molar-refractivity contribution is 14.0. The van der Waals surface area contributed by atoms with Crippen LogP contribution in [-0.2, 0) is 4.74 Å². The van der Waals surface area contributed by atoms with Crippen LogP contribution in [0, 0.1) is 0 Å². The lowest BCUT2D eigenvalue weighted by molar-refractivity contribution is 0.0195. The maximum atomic E-state index is 5.48. The summed E-state index contributed by atoms with van der Waals surface area (Å²) in [6.07, 6.45) is 6.78. The maximum absolute atomic E-state index is 5.48. The van der Waals surface area contributed by atoms with Gasteiger partial charge in [-0.2, -0.15) is 0 Å². The van der Waals surface area contributed by atoms with Crippen LogP contribution >= 0.6 is 24.0 Å². The molecule has 7 heteroatoms. The molecule has 0 aromatic heterocycles. The lowest BCUT2D eigenvalue weighted by Crippen LogP contribution is -2.47. The topological polar surface area (TPSA) is 43.3 Å². The number of hydrogen-bond acceptors (Lipinski definition) is 4. The van der Waals surface area contributed by atoms with E-state index in [1.165, 1.54) is 45.2 Å². The molecule has 3 rings (SSSR count). The van der Waals surface area contributed by atoms with Crippen molar-refractivity contribution in [3.05, 3.63) is 0 Å². The molecule has 0 bridgehead atoms. The number of likely N-dealkylation sites (tertiary alicyclic amines) is 2. The van der Waals surface area contributed by atoms with Crippen molar-refractivity contribution in [1.29, 1.82) is 0 Å². The molecule has 3 fully saturated rings. The summed E-state index contributed by atoms with van der Waals surface area (Å²) < 4.78 is 5.48. The number of guanidine groups is 1. The number of aliphatic imine (C=N–C) groups is 1. The van der Waals surface area contributed by atoms with Gasteiger partial charge in [-0.1, -0.05) is 12.8 Å². The molecule has 25 heavy (non-hydrogen) atoms. The van der Waals surface area contributed by atoms with Crippen LogP contribution in [0.1, 0.15) is 32.1 Å². The summed E-state index contributed by atoms with van der Waals surface area (Å²) >= 11 is 0. The first-order valence-corrected chi connectivity index (χ1v) is 9.86. The fourth-order valence-electron chi connectivity index (χ4n) is 4.19. The van der Waals surface area contributed by atoms with Crippen LogP contribution in [0.15, 0.2) is 4.99 Å². The Morgan fingerprint density at radius 2 is 1.76 bits per heavy atom. The van der Waals surface area contributed by atoms with Gasteiger partial charge in [0, 0.05) is 52.4 Å². The zero-order chi connectivity index (χ0) is 16.6. The highest BCUT2D eigenvalue weighted by Crippen LogP contribution is 2.17. The Balaban J connectivity index is 0.00000225. The van der Waals surface area contributed by atoms with Crippen LogP contribution in [-0.4, -0.2) is 99.3 Å². The van der Waals surface area contributed by atoms with Gasteiger partial charge in [-0.15, -0.1) is 24.0 Å². The van der Waals surface area contributed by atoms with Crippen LogP contribution in [0.5, 0.6) is 0 Å². The first kappa shape index (κ1) is 21.2. The fourth-order valence-corrected chi connectivity index (χ4v) is 4.19. The Morgan fingerprint density at radius 3 is 2.44 bits per heavy atom. The number of halogens is 1. The lowest BCUT2D eigenvalue weighted by atomic mass is 10.2. The molecule has 0 saturated carbocycles. The van der Waals surface area contributed by atoms with E-state index in [4.69, 9.17) is 4.74 Å². The molecule has 1 atom stereocenters. The van der Waals surface area contributed by atoms with E-state index >= 15 is 0 Å². The Kier molecular flexibility index (Phi) is 9.80. The molecular formula is C18H36IN5O. The minimum absolute atomic E-state index is 0. The van der Waals surface area contributed by atoms with Crippen LogP contribution in [0.25, 0.3) is 0 Å². The second-order valence-corrected chi connectivity index (χ2v) is 7.27. The number of morpholine rings is 1. The van der Waals surface area contributed by atoms with Crippen molar-refractivity contribution in [3.63, 3.8) is 0 Å². The summed E-state index contributed by atoms with van der Waals surface area (Å²) in [5.74, 6) is 1.08. The molecule has 3 aliphatic heterocycles. The smallest absolute Gasteiger partial charge is 0.193 e. The van der Waals surface area contributed by atoms with Crippen molar-refractivity contribution < 1.29 is 4.74 Å². The van der Waals surface area contributed by atoms with Crippen molar-refractivity contribution in [3.8, 4) is 0 Å². The molecule has 1 unspecified atom stereocenters. The van der Waals surface area contributed by atoms with Crippen LogP contribution in [0.3, 0.4) is 0 Å². The second-order valence-electron chi connectivity index (χ2n) is 7.27. The fraction of sp³-hybridized carbons (Fsp3) is 0.944. The SMILES string of the molecule is CN=C(NCCN1CCCCCC1)N1CCC(N2CCOCC2)C1.I. The molecule has 146 valence electrons. The van der Waals surface area contributed by atoms with Crippen molar-refractivity contribution >= 4 is 29.9 Å². The minimum atomic E-state index is 0. The summed E-state index contributed by atoms with van der Waals surface area (Å²) in [6, 6.07) is 0.665. The average molecular weight is 465 g/mol. The third-order valence-corrected chi connectivity index (χ3v) is 5.65. The van der Waals surface area contributed by atoms with Crippen molar-refractivity contribution in [1.82, 2.24) is 20.0 Å². The molecule has 3 heterocycles. The van der Waals surface area contributed by atoms with E-state index in [2.05, 4.69) is 25.0 Å². The molecule has 0 aromatic rings. The van der Waals surface area contributed by atoms with E-state index in [1.807, 2.05) is 7.05 Å². The second kappa shape index (κ2) is 11.6. The summed E-state index contributed by atoms with van der Waals surface area (Å²) in [5.41, 5.74) is 0. The largest absolute Gasteiger partial charge is 0.379 e. The molecule has 6 nitrogen and oxygen atoms in total. The summed E-state index contributed by atoms with van der Waals surface area (Å²) in [6.45, 7) is 10.8. The van der Waals surface area contributed by atoms with Gasteiger partial charge in [0.05, 0.1) is 13.2 Å². The third-order valence-electron chi connectivity index (χ3n) is 5.65. The van der Waals surface area contributed by atoms with Gasteiger partial charge in [-0.3, -0.25) is 9.89 Å². The summed E-state index contributed by atoms with van der Waals surface area (Å²) in [5, 5.41) is 3.59. The van der Waals surface area contributed by atoms with Gasteiger partial charge in [0.1, 0.15) is 0 Å². The van der Waals surface area contributed by atoms with E-state index in [9.17, 15) is 0 Å². The summed E-state index contributed by atoms with van der Waals surface area (Å²) in [7, 11) is 1.91. The van der Waals surface area contributed by atoms with E-state index in [0.717, 1.165) is 58.4 Å². The Bertz CT molecular complexity index is 395. The molecular weight excluding hydrogens is 429 g/mol. The first-order chi connectivity index (χ1) is 11.9. The predicted octanol–water partition coefficient (Wildman–Crippen LogP) is 1.46. The van der Waals surface area contributed by atoms with Gasteiger partial charge < -0.3 is 19.9 Å². The molecule has 3 saturated heterocycles. The number of nitrogens with one attached hydrogen (secondary N) is 1. The normalized spacial score (nSPS) is 27.0. The van der Waals surface area contributed by atoms with Gasteiger partial charge in [0.15, 0.2) is 5.96 Å². The van der Waals surface area contributed by atoms with Gasteiger partial charge in [0.2, 0.25) is 0 Å². The molecule has 0 aliphatic carbocycles. The Morgan fingerprint density at radius 1 is 1.04 bits per heavy atom. The molecule has 0 amide bonds. The Labute approximate surface area is 170 Å². The maximum Gasteiger partial charge on any atom is 0.193 e. The molecule has 0 aromatic carbocycles. The van der Waals surface area contributed by atoms with Gasteiger partial charge in [-0.05, 0) is 32.4 Å². The van der Waals surface area contributed by atoms with Crippen LogP contribution in [0.4, 0.5) is 0 Å². The standard InChI is InChI=1S/C18H35N5O.HI/c1-19-18(20-7-11-21-8-4-2-3-5-9-21)23-10-6-17(16-23)22-12-14-24-15-13-22;/h17H,2-16H2,1H3,(H,19,20);1H. The highest BCUT2D eigenvalue weighted by atomic mass is 127. The average Bonchev–Trinajstić information content (AvgIpc) is 2.97. The lowest BCUT2D eigenvalue weighted by Gasteiger charge is -2.32. The number of rotatable bonds is 4. The van der Waals surface area contributed by atoms with E-state index in [1.54, 1.807) is 0 Å². The minimum Gasteiger partial charge on any atom is -0.379 e. The van der Waals surface area contributed by atoms with Crippen molar-refractivity contribution in [2.45, 2.75) is 38.1 Å². The van der Waals surface area contributed by atoms with Gasteiger partial charge >= 0.3 is 0 Å². The summed E-state index contributed by atoms with van der Waals surface area (Å²) in [4.78, 5) is 12.1. The van der Waals surface area contributed by atoms with Gasteiger partial charge in [0.25, 0.3) is 0 Å². The zero-order valence-electron chi connectivity index (χ0n) is 15.8. The first-order valence-electron chi connectivity index (χ1n) is 9.86. The van der Waals surface area contributed by atoms with Crippen LogP contribution < -0.4 is 5.32 Å². The molecule has 0 radical (unpaired) electrons. The highest BCUT2D eigenvalue weighted by Gasteiger charge is 2.30. The monoisotopic (exact) mass is 465 g/mol. The predicted molar refractivity (Wildman–Crippen MR) is 114 cm³/mol. The molecule has 3 aliphatic rings. The quantitative estimate of drug-likeness (QED) is 0.387. The van der Waals surface area contributed by atoms with Crippen molar-refractivity contribution in [2.24, 2.45) is 4.99 Å². The molecule has 0 spiro atoms. The van der Waals surface area contributed by atoms with E-state index < -0.39 is 0 Å². The number of nitrogens with zero attached hydrogens (tertiary/aromatic N) is 4. The number of hydrogen-bond donors (Lipinski definition) is 1. The van der Waals surface area contributed by atoms with Crippen molar-refractivity contribution in [2.75, 3.05) is 72.6 Å².